The van der Waals surface area contributed by atoms with E-state index in [2.05, 4.69) is 36.0 Å². The van der Waals surface area contributed by atoms with E-state index in [0.717, 1.165) is 17.1 Å². The molecular formula is C26H22N8O. The Labute approximate surface area is 201 Å². The fraction of sp³-hybridized carbons (Fsp3) is 0.0385. The molecule has 0 aliphatic rings. The van der Waals surface area contributed by atoms with Crippen molar-refractivity contribution in [3.05, 3.63) is 109 Å². The molecule has 0 fully saturated rings. The fourth-order valence-electron chi connectivity index (χ4n) is 3.51. The Kier molecular flexibility index (Phi) is 6.12. The van der Waals surface area contributed by atoms with E-state index in [-0.39, 0.29) is 5.91 Å². The standard InChI is InChI=1S/C26H22N8O/c1-18-22(16-30-34(18)21-7-3-2-4-8-21)26(35)32-20-12-10-19(11-13-20)31-24-15-25(29-17-28-24)33-23-9-5-6-14-27-23/h2-17H,1H3,(H,32,35)(H2,27,28,29,31,33). The minimum absolute atomic E-state index is 0.216. The molecule has 1 amide bonds. The second-order valence-corrected chi connectivity index (χ2v) is 7.68. The van der Waals surface area contributed by atoms with Crippen molar-refractivity contribution in [2.24, 2.45) is 0 Å². The van der Waals surface area contributed by atoms with Gasteiger partial charge in [-0.3, -0.25) is 4.79 Å². The van der Waals surface area contributed by atoms with Crippen LogP contribution in [0.2, 0.25) is 0 Å². The summed E-state index contributed by atoms with van der Waals surface area (Å²) in [4.78, 5) is 25.6. The van der Waals surface area contributed by atoms with Crippen molar-refractivity contribution in [1.29, 1.82) is 0 Å². The maximum Gasteiger partial charge on any atom is 0.259 e. The lowest BCUT2D eigenvalue weighted by molar-refractivity contribution is 0.102. The molecule has 0 aliphatic carbocycles. The van der Waals surface area contributed by atoms with Gasteiger partial charge in [0.25, 0.3) is 5.91 Å². The molecule has 0 saturated heterocycles. The summed E-state index contributed by atoms with van der Waals surface area (Å²) in [5, 5.41) is 13.7. The first-order valence-electron chi connectivity index (χ1n) is 10.9. The van der Waals surface area contributed by atoms with Gasteiger partial charge in [0.1, 0.15) is 23.8 Å². The number of hydrogen-bond acceptors (Lipinski definition) is 7. The van der Waals surface area contributed by atoms with Crippen LogP contribution in [0, 0.1) is 6.92 Å². The van der Waals surface area contributed by atoms with Crippen molar-refractivity contribution in [3.8, 4) is 5.69 Å². The van der Waals surface area contributed by atoms with E-state index in [1.54, 1.807) is 23.1 Å². The minimum atomic E-state index is -0.216. The molecule has 35 heavy (non-hydrogen) atoms. The smallest absolute Gasteiger partial charge is 0.259 e. The number of pyridine rings is 1. The number of hydrogen-bond donors (Lipinski definition) is 3. The molecule has 3 N–H and O–H groups in total. The second-order valence-electron chi connectivity index (χ2n) is 7.68. The molecule has 0 bridgehead atoms. The highest BCUT2D eigenvalue weighted by Crippen LogP contribution is 2.21. The molecule has 5 aromatic rings. The summed E-state index contributed by atoms with van der Waals surface area (Å²) in [6.07, 6.45) is 4.76. The molecule has 0 spiro atoms. The summed E-state index contributed by atoms with van der Waals surface area (Å²) >= 11 is 0. The lowest BCUT2D eigenvalue weighted by Crippen LogP contribution is -2.13. The van der Waals surface area contributed by atoms with Crippen LogP contribution < -0.4 is 16.0 Å². The Morgan fingerprint density at radius 2 is 1.49 bits per heavy atom. The first kappa shape index (κ1) is 21.8. The van der Waals surface area contributed by atoms with E-state index in [1.807, 2.05) is 79.7 Å². The van der Waals surface area contributed by atoms with E-state index < -0.39 is 0 Å². The first-order chi connectivity index (χ1) is 17.2. The van der Waals surface area contributed by atoms with E-state index in [4.69, 9.17) is 0 Å². The van der Waals surface area contributed by atoms with Crippen LogP contribution in [0.15, 0.2) is 97.6 Å². The van der Waals surface area contributed by atoms with E-state index in [9.17, 15) is 4.79 Å². The van der Waals surface area contributed by atoms with Crippen LogP contribution in [0.4, 0.5) is 28.8 Å². The van der Waals surface area contributed by atoms with Gasteiger partial charge in [-0.25, -0.2) is 19.6 Å². The van der Waals surface area contributed by atoms with Crippen molar-refractivity contribution in [2.45, 2.75) is 6.92 Å². The van der Waals surface area contributed by atoms with Crippen molar-refractivity contribution in [2.75, 3.05) is 16.0 Å². The molecule has 9 nitrogen and oxygen atoms in total. The number of benzene rings is 2. The molecular weight excluding hydrogens is 440 g/mol. The maximum atomic E-state index is 12.8. The summed E-state index contributed by atoms with van der Waals surface area (Å²) in [6.45, 7) is 1.88. The van der Waals surface area contributed by atoms with Gasteiger partial charge in [0.2, 0.25) is 0 Å². The molecule has 3 aromatic heterocycles. The zero-order valence-electron chi connectivity index (χ0n) is 18.9. The zero-order chi connectivity index (χ0) is 24.0. The predicted molar refractivity (Wildman–Crippen MR) is 136 cm³/mol. The van der Waals surface area contributed by atoms with Gasteiger partial charge in [0.05, 0.1) is 23.1 Å². The third-order valence-electron chi connectivity index (χ3n) is 5.26. The molecule has 0 saturated carbocycles. The average Bonchev–Trinajstić information content (AvgIpc) is 3.28. The molecule has 0 unspecified atom stereocenters. The average molecular weight is 463 g/mol. The normalized spacial score (nSPS) is 10.5. The molecule has 9 heteroatoms. The van der Waals surface area contributed by atoms with Crippen LogP contribution in [0.1, 0.15) is 16.1 Å². The van der Waals surface area contributed by atoms with Crippen molar-refractivity contribution < 1.29 is 4.79 Å². The lowest BCUT2D eigenvalue weighted by Gasteiger charge is -2.10. The van der Waals surface area contributed by atoms with E-state index in [0.29, 0.717) is 28.7 Å². The molecule has 172 valence electrons. The third kappa shape index (κ3) is 5.14. The monoisotopic (exact) mass is 462 g/mol. The summed E-state index contributed by atoms with van der Waals surface area (Å²) in [5.41, 5.74) is 3.68. The summed E-state index contributed by atoms with van der Waals surface area (Å²) in [7, 11) is 0. The van der Waals surface area contributed by atoms with Crippen LogP contribution in [-0.2, 0) is 0 Å². The predicted octanol–water partition coefficient (Wildman–Crippen LogP) is 5.11. The number of amides is 1. The van der Waals surface area contributed by atoms with Crippen molar-refractivity contribution in [3.63, 3.8) is 0 Å². The summed E-state index contributed by atoms with van der Waals surface area (Å²) < 4.78 is 1.75. The van der Waals surface area contributed by atoms with Gasteiger partial charge < -0.3 is 16.0 Å². The molecule has 2 aromatic carbocycles. The van der Waals surface area contributed by atoms with Gasteiger partial charge in [0, 0.05) is 23.6 Å². The zero-order valence-corrected chi connectivity index (χ0v) is 18.9. The summed E-state index contributed by atoms with van der Waals surface area (Å²) in [5.74, 6) is 1.73. The van der Waals surface area contributed by atoms with Gasteiger partial charge >= 0.3 is 0 Å². The Hall–Kier alpha value is -5.05. The molecule has 0 atom stereocenters. The summed E-state index contributed by atoms with van der Waals surface area (Å²) in [6, 6.07) is 24.5. The molecule has 0 aliphatic heterocycles. The largest absolute Gasteiger partial charge is 0.340 e. The number of anilines is 5. The second kappa shape index (κ2) is 9.84. The van der Waals surface area contributed by atoms with Crippen LogP contribution in [0.3, 0.4) is 0 Å². The first-order valence-corrected chi connectivity index (χ1v) is 10.9. The van der Waals surface area contributed by atoms with Gasteiger partial charge in [0.15, 0.2) is 0 Å². The number of para-hydroxylation sites is 1. The van der Waals surface area contributed by atoms with Gasteiger partial charge in [-0.1, -0.05) is 24.3 Å². The van der Waals surface area contributed by atoms with Crippen molar-refractivity contribution in [1.82, 2.24) is 24.7 Å². The fourth-order valence-corrected chi connectivity index (χ4v) is 3.51. The maximum absolute atomic E-state index is 12.8. The highest BCUT2D eigenvalue weighted by atomic mass is 16.1. The Morgan fingerprint density at radius 1 is 0.771 bits per heavy atom. The highest BCUT2D eigenvalue weighted by Gasteiger charge is 2.15. The SMILES string of the molecule is Cc1c(C(=O)Nc2ccc(Nc3cc(Nc4ccccn4)ncn3)cc2)cnn1-c1ccccc1. The Morgan fingerprint density at radius 3 is 2.23 bits per heavy atom. The van der Waals surface area contributed by atoms with Crippen LogP contribution in [-0.4, -0.2) is 30.6 Å². The number of nitrogens with zero attached hydrogens (tertiary/aromatic N) is 5. The topological polar surface area (TPSA) is 110 Å². The number of carbonyl (C=O) groups excluding carboxylic acids is 1. The van der Waals surface area contributed by atoms with E-state index >= 15 is 0 Å². The molecule has 0 radical (unpaired) electrons. The minimum Gasteiger partial charge on any atom is -0.340 e. The Balaban J connectivity index is 1.23. The van der Waals surface area contributed by atoms with Gasteiger partial charge in [-0.05, 0) is 55.5 Å². The quantitative estimate of drug-likeness (QED) is 0.308. The molecule has 3 heterocycles. The number of carbonyl (C=O) groups is 1. The van der Waals surface area contributed by atoms with Gasteiger partial charge in [-0.15, -0.1) is 0 Å². The highest BCUT2D eigenvalue weighted by molar-refractivity contribution is 6.05. The van der Waals surface area contributed by atoms with Crippen LogP contribution >= 0.6 is 0 Å². The van der Waals surface area contributed by atoms with Crippen LogP contribution in [0.5, 0.6) is 0 Å². The molecule has 5 rings (SSSR count). The lowest BCUT2D eigenvalue weighted by atomic mass is 10.2. The van der Waals surface area contributed by atoms with E-state index in [1.165, 1.54) is 6.33 Å². The van der Waals surface area contributed by atoms with Gasteiger partial charge in [-0.2, -0.15) is 5.10 Å². The number of rotatable bonds is 7. The van der Waals surface area contributed by atoms with Crippen molar-refractivity contribution >= 4 is 34.7 Å². The van der Waals surface area contributed by atoms with Crippen LogP contribution in [0.25, 0.3) is 5.69 Å². The number of aromatic nitrogens is 5. The Bertz CT molecular complexity index is 1430. The third-order valence-corrected chi connectivity index (χ3v) is 5.26. The number of nitrogens with one attached hydrogen (secondary N) is 3.